The molecule has 0 aromatic heterocycles. The van der Waals surface area contributed by atoms with Crippen LogP contribution in [0.1, 0.15) is 93.0 Å². The molecule has 25 heteroatoms. The molecular formula is C85H77BCl14N6NaO3. The number of carbonyl (C=O) groups is 2. The van der Waals surface area contributed by atoms with E-state index in [0.29, 0.717) is 74.8 Å². The van der Waals surface area contributed by atoms with Crippen LogP contribution in [0, 0.1) is 11.8 Å². The number of hydrogen-bond acceptors (Lipinski definition) is 8. The summed E-state index contributed by atoms with van der Waals surface area (Å²) < 4.78 is 0. The number of fused-ring (bicyclic) bond motifs is 3. The van der Waals surface area contributed by atoms with Crippen molar-refractivity contribution < 1.29 is 44.3 Å². The predicted molar refractivity (Wildman–Crippen MR) is 464 cm³/mol. The van der Waals surface area contributed by atoms with Crippen LogP contribution in [0.5, 0.6) is 0 Å². The van der Waals surface area contributed by atoms with Crippen molar-refractivity contribution in [3.63, 3.8) is 0 Å². The first-order valence-corrected chi connectivity index (χ1v) is 38.5. The van der Waals surface area contributed by atoms with Gasteiger partial charge in [0.25, 0.3) is 0 Å². The van der Waals surface area contributed by atoms with Crippen LogP contribution in [0.25, 0.3) is 0 Å². The third kappa shape index (κ3) is 25.7. The molecule has 110 heavy (non-hydrogen) atoms. The molecule has 0 bridgehead atoms. The van der Waals surface area contributed by atoms with E-state index in [1.807, 2.05) is 48.5 Å². The number of carbonyl (C=O) groups excluding carboxylic acids is 1. The molecule has 11 aromatic rings. The molecule has 0 unspecified atom stereocenters. The van der Waals surface area contributed by atoms with E-state index in [-0.39, 0.29) is 78.4 Å². The largest absolute Gasteiger partial charge is 1.00 e. The number of aromatic carboxylic acids is 1. The number of carboxylic acids is 1. The van der Waals surface area contributed by atoms with Crippen molar-refractivity contribution in [2.24, 2.45) is 5.73 Å². The van der Waals surface area contributed by atoms with Crippen molar-refractivity contribution in [2.75, 3.05) is 44.5 Å². The molecule has 0 saturated heterocycles. The van der Waals surface area contributed by atoms with Gasteiger partial charge < -0.3 is 33.3 Å². The topological polar surface area (TPSA) is 135 Å². The van der Waals surface area contributed by atoms with Gasteiger partial charge in [0, 0.05) is 118 Å². The summed E-state index contributed by atoms with van der Waals surface area (Å²) in [5, 5.41) is 28.0. The van der Waals surface area contributed by atoms with Gasteiger partial charge in [-0.1, -0.05) is 298 Å². The minimum absolute atomic E-state index is 0. The molecule has 0 fully saturated rings. The van der Waals surface area contributed by atoms with E-state index in [9.17, 15) is 14.7 Å². The monoisotopic (exact) mass is 1750 g/mol. The minimum Gasteiger partial charge on any atom is -0.512 e. The van der Waals surface area contributed by atoms with Gasteiger partial charge in [0.1, 0.15) is 6.29 Å². The fourth-order valence-corrected chi connectivity index (χ4v) is 16.6. The Kier molecular flexibility index (Phi) is 44.0. The molecule has 0 saturated carbocycles. The summed E-state index contributed by atoms with van der Waals surface area (Å²) in [7, 11) is 0. The molecule has 3 heterocycles. The van der Waals surface area contributed by atoms with Crippen molar-refractivity contribution in [3.05, 3.63) is 389 Å². The predicted octanol–water partition coefficient (Wildman–Crippen LogP) is 20.9. The number of rotatable bonds is 15. The van der Waals surface area contributed by atoms with Gasteiger partial charge in [-0.25, -0.2) is 4.79 Å². The number of hydrogen-bond donors (Lipinski definition) is 4. The van der Waals surface area contributed by atoms with Gasteiger partial charge >= 0.3 is 35.5 Å². The average Bonchev–Trinajstić information content (AvgIpc) is 0.734. The first-order chi connectivity index (χ1) is 51.3. The molecule has 3 radical (unpaired) electrons. The van der Waals surface area contributed by atoms with Crippen LogP contribution in [0.15, 0.2) is 249 Å². The van der Waals surface area contributed by atoms with E-state index < -0.39 is 17.0 Å². The Labute approximate surface area is 742 Å². The summed E-state index contributed by atoms with van der Waals surface area (Å²) in [5.41, 5.74) is 19.4. The summed E-state index contributed by atoms with van der Waals surface area (Å²) in [6.07, 6.45) is 3.22. The third-order valence-electron chi connectivity index (χ3n) is 17.7. The zero-order chi connectivity index (χ0) is 76.2. The van der Waals surface area contributed by atoms with Gasteiger partial charge in [-0.3, -0.25) is 14.6 Å². The Bertz CT molecular complexity index is 4440. The quantitative estimate of drug-likeness (QED) is 0.0198. The average molecular weight is 1760 g/mol. The number of nitrogens with zero attached hydrogens (tertiary/aromatic N) is 3. The number of nitrogens with two attached hydrogens (primary N) is 1. The molecule has 0 amide bonds. The normalized spacial score (nSPS) is 12.4. The standard InChI is InChI=1S/C29H23Cl2NO2.C28H23Cl2N.C9H10Cl3N.C9H9Cl2N.C7H4Cl2O.C2H6ClN.CN.B.2ClH.Na/c30-25-18-20-19-32(17-16-24(20)27(31)26(25)28(33)34)29(21-10-4-1-5-11-21,22-12-6-2-7-13-22)23-14-8-3-9-15-23;29-25-18-21-20-31(17-16-26(21)27(30)19-25)28(22-10-4-1-5-11-22,23-12-6-2-7-13-23)24-14-8-3-9-15-24;10-1-2-13-6-7-3-8(11)5-9(12)4-7;10-7-3-6-5-12-2-1-8(6)9(11)4-7;8-6-1-5(4-10)2-7(9)3-6;3-1-2-4;1-2;;;;/h1-15,18H,16-17,19H2,(H,33,34);1-15,18-19H,16-17,20H2;3-5,13H,1-2,6H2;3-4,12H,1-2,5H2;1-4H;1-2,4H2;;;2*1H;/q;;;;;;-1;;;;+1. The van der Waals surface area contributed by atoms with Crippen molar-refractivity contribution in [1.29, 1.82) is 5.26 Å². The van der Waals surface area contributed by atoms with Crippen LogP contribution in [-0.4, -0.2) is 80.1 Å². The summed E-state index contributed by atoms with van der Waals surface area (Å²) in [6, 6.07) is 83.6. The molecule has 5 N–H and O–H groups in total. The summed E-state index contributed by atoms with van der Waals surface area (Å²) in [4.78, 5) is 26.9. The van der Waals surface area contributed by atoms with Crippen LogP contribution in [0.2, 0.25) is 50.2 Å². The molecule has 0 atom stereocenters. The van der Waals surface area contributed by atoms with Crippen molar-refractivity contribution >= 4 is 185 Å². The number of carboxylic acid groups (broad SMARTS) is 1. The van der Waals surface area contributed by atoms with Crippen LogP contribution < -0.4 is 45.9 Å². The molecular weight excluding hydrogens is 1680 g/mol. The number of nitrogens with one attached hydrogen (secondary N) is 2. The summed E-state index contributed by atoms with van der Waals surface area (Å²) >= 11 is 71.2. The number of halogens is 14. The van der Waals surface area contributed by atoms with Crippen LogP contribution in [-0.2, 0) is 56.5 Å². The number of benzene rings is 11. The Balaban J connectivity index is 0.000000304. The SMILES string of the molecule is Cl.Cl.ClCCNCc1cc(Cl)cc(Cl)c1.Clc1cc(Cl)c2c(c1)CN(C(c1ccccc1)(c1ccccc1)c1ccccc1)CC2.Clc1cc(Cl)c2c(c1)CNCC2.NCCCl.O=C(O)c1c(Cl)cc2c(c1Cl)CCN(C(c1ccccc1)(c1ccccc1)c1ccccc1)C2.O=Cc1cc(Cl)cc(Cl)c1.[B].[C-]#N.[Na+]. The van der Waals surface area contributed by atoms with E-state index in [0.717, 1.165) is 101 Å². The van der Waals surface area contributed by atoms with Gasteiger partial charge in [-0.05, 0) is 165 Å². The molecule has 14 rings (SSSR count). The smallest absolute Gasteiger partial charge is 0.512 e. The summed E-state index contributed by atoms with van der Waals surface area (Å²) in [6.45, 7) is 11.7. The minimum atomic E-state index is -1.10. The number of alkyl halides is 2. The zero-order valence-electron chi connectivity index (χ0n) is 59.8. The fourth-order valence-electron chi connectivity index (χ4n) is 13.4. The first-order valence-electron chi connectivity index (χ1n) is 33.7. The Morgan fingerprint density at radius 2 is 0.818 bits per heavy atom. The molecule has 567 valence electrons. The van der Waals surface area contributed by atoms with E-state index >= 15 is 0 Å². The second-order valence-electron chi connectivity index (χ2n) is 24.4. The zero-order valence-corrected chi connectivity index (χ0v) is 72.5. The van der Waals surface area contributed by atoms with Crippen molar-refractivity contribution in [3.8, 4) is 0 Å². The van der Waals surface area contributed by atoms with Crippen LogP contribution in [0.4, 0.5) is 0 Å². The van der Waals surface area contributed by atoms with Crippen LogP contribution in [0.3, 0.4) is 0 Å². The Morgan fingerprint density at radius 1 is 0.482 bits per heavy atom. The molecule has 3 aliphatic rings. The molecule has 11 aromatic carbocycles. The van der Waals surface area contributed by atoms with Crippen molar-refractivity contribution in [1.82, 2.24) is 20.4 Å². The Morgan fingerprint density at radius 3 is 1.17 bits per heavy atom. The van der Waals surface area contributed by atoms with E-state index in [2.05, 4.69) is 190 Å². The van der Waals surface area contributed by atoms with Crippen molar-refractivity contribution in [2.45, 2.75) is 56.5 Å². The number of aldehydes is 1. The summed E-state index contributed by atoms with van der Waals surface area (Å²) in [5.74, 6) is 0.0707. The van der Waals surface area contributed by atoms with Gasteiger partial charge in [-0.15, -0.1) is 48.0 Å². The Hall–Kier alpha value is -5.03. The van der Waals surface area contributed by atoms with Gasteiger partial charge in [0.2, 0.25) is 0 Å². The maximum atomic E-state index is 11.7. The van der Waals surface area contributed by atoms with Crippen LogP contribution >= 0.6 is 164 Å². The maximum Gasteiger partial charge on any atom is 1.00 e. The van der Waals surface area contributed by atoms with Gasteiger partial charge in [-0.2, -0.15) is 0 Å². The van der Waals surface area contributed by atoms with E-state index in [4.69, 9.17) is 157 Å². The molecule has 0 aliphatic carbocycles. The van der Waals surface area contributed by atoms with E-state index in [1.165, 1.54) is 38.9 Å². The van der Waals surface area contributed by atoms with Gasteiger partial charge in [0.05, 0.1) is 26.7 Å². The van der Waals surface area contributed by atoms with Gasteiger partial charge in [0.15, 0.2) is 0 Å². The second kappa shape index (κ2) is 49.7. The second-order valence-corrected chi connectivity index (χ2v) is 29.3. The van der Waals surface area contributed by atoms with E-state index in [1.54, 1.807) is 30.3 Å². The molecule has 0 spiro atoms. The maximum absolute atomic E-state index is 11.7. The fraction of sp³-hybridized carbons (Fsp3) is 0.188. The molecule has 3 aliphatic heterocycles. The first kappa shape index (κ1) is 97.3. The molecule has 9 nitrogen and oxygen atoms in total. The third-order valence-corrected chi connectivity index (χ3v) is 20.8.